The van der Waals surface area contributed by atoms with Crippen LogP contribution in [0.15, 0.2) is 36.5 Å². The minimum absolute atomic E-state index is 0.303. The second kappa shape index (κ2) is 4.25. The lowest BCUT2D eigenvalue weighted by molar-refractivity contribution is 0.0995. The molecule has 0 saturated heterocycles. The first-order valence-electron chi connectivity index (χ1n) is 5.20. The highest BCUT2D eigenvalue weighted by atomic mass is 16.1. The third kappa shape index (κ3) is 2.25. The molecule has 0 bridgehead atoms. The fraction of sp³-hybridized carbons (Fsp3) is 0.0769. The highest BCUT2D eigenvalue weighted by Gasteiger charge is 2.08. The Kier molecular flexibility index (Phi) is 2.78. The fourth-order valence-electron chi connectivity index (χ4n) is 1.71. The molecule has 4 nitrogen and oxygen atoms in total. The van der Waals surface area contributed by atoms with Gasteiger partial charge in [0.15, 0.2) is 0 Å². The summed E-state index contributed by atoms with van der Waals surface area (Å²) in [7, 11) is 0. The summed E-state index contributed by atoms with van der Waals surface area (Å²) in [5.74, 6) is -0.512. The maximum Gasteiger partial charge on any atom is 0.267 e. The highest BCUT2D eigenvalue weighted by Crippen LogP contribution is 2.22. The molecular weight excluding hydrogens is 214 g/mol. The van der Waals surface area contributed by atoms with Crippen LogP contribution in [0.1, 0.15) is 16.1 Å². The number of carbonyl (C=O) groups excluding carboxylic acids is 1. The fourth-order valence-corrected chi connectivity index (χ4v) is 1.71. The van der Waals surface area contributed by atoms with Crippen LogP contribution in [0, 0.1) is 6.92 Å². The van der Waals surface area contributed by atoms with Gasteiger partial charge in [0.1, 0.15) is 5.69 Å². The second-order valence-corrected chi connectivity index (χ2v) is 3.88. The van der Waals surface area contributed by atoms with Crippen molar-refractivity contribution in [2.75, 3.05) is 5.73 Å². The maximum absolute atomic E-state index is 11.1. The zero-order chi connectivity index (χ0) is 12.4. The maximum atomic E-state index is 11.1. The Bertz CT molecular complexity index is 579. The number of hydrogen-bond acceptors (Lipinski definition) is 3. The van der Waals surface area contributed by atoms with Crippen LogP contribution < -0.4 is 11.5 Å². The lowest BCUT2D eigenvalue weighted by Gasteiger charge is -2.06. The van der Waals surface area contributed by atoms with Crippen LogP contribution >= 0.6 is 0 Å². The third-order valence-corrected chi connectivity index (χ3v) is 2.53. The molecular formula is C13H13N3O. The van der Waals surface area contributed by atoms with Gasteiger partial charge in [0, 0.05) is 17.4 Å². The molecule has 4 N–H and O–H groups in total. The number of aromatic nitrogens is 1. The van der Waals surface area contributed by atoms with Gasteiger partial charge < -0.3 is 11.5 Å². The number of nitrogens with zero attached hydrogens (tertiary/aromatic N) is 1. The summed E-state index contributed by atoms with van der Waals surface area (Å²) >= 11 is 0. The molecule has 1 aromatic carbocycles. The summed E-state index contributed by atoms with van der Waals surface area (Å²) in [4.78, 5) is 15.1. The number of pyridine rings is 1. The van der Waals surface area contributed by atoms with E-state index in [4.69, 9.17) is 11.5 Å². The number of rotatable bonds is 2. The van der Waals surface area contributed by atoms with Crippen molar-refractivity contribution in [1.82, 2.24) is 4.98 Å². The van der Waals surface area contributed by atoms with Crippen molar-refractivity contribution in [3.05, 3.63) is 47.8 Å². The number of amides is 1. The van der Waals surface area contributed by atoms with E-state index < -0.39 is 5.91 Å². The Labute approximate surface area is 99.3 Å². The molecule has 0 radical (unpaired) electrons. The standard InChI is InChI=1S/C13H13N3O/c1-8-5-10(7-16-12(8)13(15)17)9-3-2-4-11(14)6-9/h2-7H,14H2,1H3,(H2,15,17). The molecule has 86 valence electrons. The molecule has 0 spiro atoms. The van der Waals surface area contributed by atoms with Crippen molar-refractivity contribution in [3.63, 3.8) is 0 Å². The first-order valence-corrected chi connectivity index (χ1v) is 5.20. The molecule has 0 aliphatic carbocycles. The number of nitrogen functional groups attached to an aromatic ring is 1. The largest absolute Gasteiger partial charge is 0.399 e. The number of nitrogens with two attached hydrogens (primary N) is 2. The van der Waals surface area contributed by atoms with Crippen LogP contribution in [0.3, 0.4) is 0 Å². The first kappa shape index (κ1) is 11.1. The number of aryl methyl sites for hydroxylation is 1. The minimum atomic E-state index is -0.512. The highest BCUT2D eigenvalue weighted by molar-refractivity contribution is 5.92. The number of hydrogen-bond donors (Lipinski definition) is 2. The monoisotopic (exact) mass is 227 g/mol. The zero-order valence-corrected chi connectivity index (χ0v) is 9.47. The SMILES string of the molecule is Cc1cc(-c2cccc(N)c2)cnc1C(N)=O. The first-order chi connectivity index (χ1) is 8.08. The molecule has 1 amide bonds. The molecule has 0 aliphatic heterocycles. The van der Waals surface area contributed by atoms with Crippen molar-refractivity contribution in [2.24, 2.45) is 5.73 Å². The lowest BCUT2D eigenvalue weighted by Crippen LogP contribution is -2.14. The van der Waals surface area contributed by atoms with Crippen molar-refractivity contribution in [1.29, 1.82) is 0 Å². The predicted molar refractivity (Wildman–Crippen MR) is 67.3 cm³/mol. The minimum Gasteiger partial charge on any atom is -0.399 e. The van der Waals surface area contributed by atoms with Crippen molar-refractivity contribution >= 4 is 11.6 Å². The molecule has 1 heterocycles. The van der Waals surface area contributed by atoms with Crippen LogP contribution in [0.4, 0.5) is 5.69 Å². The summed E-state index contributed by atoms with van der Waals surface area (Å²) in [5, 5.41) is 0. The third-order valence-electron chi connectivity index (χ3n) is 2.53. The Morgan fingerprint density at radius 2 is 2.00 bits per heavy atom. The van der Waals surface area contributed by atoms with E-state index in [2.05, 4.69) is 4.98 Å². The van der Waals surface area contributed by atoms with Gasteiger partial charge in [-0.1, -0.05) is 12.1 Å². The Morgan fingerprint density at radius 3 is 2.59 bits per heavy atom. The molecule has 1 aromatic heterocycles. The van der Waals surface area contributed by atoms with Gasteiger partial charge in [-0.2, -0.15) is 0 Å². The van der Waals surface area contributed by atoms with E-state index in [0.717, 1.165) is 16.7 Å². The summed E-state index contributed by atoms with van der Waals surface area (Å²) in [6.07, 6.45) is 1.63. The molecule has 2 aromatic rings. The van der Waals surface area contributed by atoms with Gasteiger partial charge in [0.05, 0.1) is 0 Å². The van der Waals surface area contributed by atoms with E-state index in [1.54, 1.807) is 6.20 Å². The van der Waals surface area contributed by atoms with Gasteiger partial charge in [0.25, 0.3) is 5.91 Å². The molecule has 0 aliphatic rings. The second-order valence-electron chi connectivity index (χ2n) is 3.88. The van der Waals surface area contributed by atoms with Crippen LogP contribution in [-0.2, 0) is 0 Å². The average Bonchev–Trinajstić information content (AvgIpc) is 2.28. The number of anilines is 1. The van der Waals surface area contributed by atoms with Crippen LogP contribution in [-0.4, -0.2) is 10.9 Å². The Hall–Kier alpha value is -2.36. The van der Waals surface area contributed by atoms with Gasteiger partial charge in [0.2, 0.25) is 0 Å². The van der Waals surface area contributed by atoms with Crippen LogP contribution in [0.25, 0.3) is 11.1 Å². The molecule has 0 atom stereocenters. The summed E-state index contributed by atoms with van der Waals surface area (Å²) in [5.41, 5.74) is 14.6. The van der Waals surface area contributed by atoms with Gasteiger partial charge in [-0.05, 0) is 36.2 Å². The van der Waals surface area contributed by atoms with E-state index in [1.807, 2.05) is 37.3 Å². The van der Waals surface area contributed by atoms with Gasteiger partial charge >= 0.3 is 0 Å². The Morgan fingerprint density at radius 1 is 1.24 bits per heavy atom. The quantitative estimate of drug-likeness (QED) is 0.766. The van der Waals surface area contributed by atoms with Gasteiger partial charge in [-0.15, -0.1) is 0 Å². The number of benzene rings is 1. The van der Waals surface area contributed by atoms with E-state index in [0.29, 0.717) is 11.4 Å². The van der Waals surface area contributed by atoms with Crippen LogP contribution in [0.5, 0.6) is 0 Å². The van der Waals surface area contributed by atoms with Crippen molar-refractivity contribution < 1.29 is 4.79 Å². The molecule has 0 saturated carbocycles. The van der Waals surface area contributed by atoms with Gasteiger partial charge in [-0.3, -0.25) is 9.78 Å². The molecule has 0 unspecified atom stereocenters. The summed E-state index contributed by atoms with van der Waals surface area (Å²) < 4.78 is 0. The van der Waals surface area contributed by atoms with Crippen molar-refractivity contribution in [2.45, 2.75) is 6.92 Å². The summed E-state index contributed by atoms with van der Waals surface area (Å²) in [6, 6.07) is 9.38. The normalized spacial score (nSPS) is 10.2. The lowest BCUT2D eigenvalue weighted by atomic mass is 10.0. The molecule has 0 fully saturated rings. The molecule has 2 rings (SSSR count). The summed E-state index contributed by atoms with van der Waals surface area (Å²) in [6.45, 7) is 1.81. The topological polar surface area (TPSA) is 82.0 Å². The predicted octanol–water partition coefficient (Wildman–Crippen LogP) is 1.74. The van der Waals surface area contributed by atoms with E-state index in [1.165, 1.54) is 0 Å². The molecule has 17 heavy (non-hydrogen) atoms. The van der Waals surface area contributed by atoms with E-state index >= 15 is 0 Å². The number of primary amides is 1. The van der Waals surface area contributed by atoms with E-state index in [9.17, 15) is 4.79 Å². The van der Waals surface area contributed by atoms with Gasteiger partial charge in [-0.25, -0.2) is 0 Å². The van der Waals surface area contributed by atoms with E-state index in [-0.39, 0.29) is 0 Å². The van der Waals surface area contributed by atoms with Crippen molar-refractivity contribution in [3.8, 4) is 11.1 Å². The number of carbonyl (C=O) groups is 1. The van der Waals surface area contributed by atoms with Crippen LogP contribution in [0.2, 0.25) is 0 Å². The average molecular weight is 227 g/mol. The molecule has 4 heteroatoms. The Balaban J connectivity index is 2.48. The zero-order valence-electron chi connectivity index (χ0n) is 9.47. The smallest absolute Gasteiger partial charge is 0.267 e.